The molecule has 0 atom stereocenters. The van der Waals surface area contributed by atoms with Gasteiger partial charge in [0.2, 0.25) is 11.8 Å². The molecular weight excluding hydrogens is 196 g/mol. The van der Waals surface area contributed by atoms with E-state index in [2.05, 4.69) is 10.4 Å². The van der Waals surface area contributed by atoms with Gasteiger partial charge in [0.25, 0.3) is 0 Å². The predicted molar refractivity (Wildman–Crippen MR) is 53.2 cm³/mol. The highest BCUT2D eigenvalue weighted by Gasteiger charge is 2.21. The molecule has 6 heteroatoms. The van der Waals surface area contributed by atoms with Crippen molar-refractivity contribution in [2.45, 2.75) is 6.42 Å². The highest BCUT2D eigenvalue weighted by molar-refractivity contribution is 5.98. The van der Waals surface area contributed by atoms with E-state index in [0.29, 0.717) is 13.0 Å². The molecule has 1 fully saturated rings. The van der Waals surface area contributed by atoms with Crippen molar-refractivity contribution in [1.29, 1.82) is 0 Å². The molecule has 1 N–H and O–H groups in total. The van der Waals surface area contributed by atoms with E-state index < -0.39 is 0 Å². The molecule has 0 unspecified atom stereocenters. The molecule has 2 heterocycles. The number of aromatic nitrogens is 2. The summed E-state index contributed by atoms with van der Waals surface area (Å²) >= 11 is 0. The number of hydrogen-bond donors (Lipinski definition) is 1. The van der Waals surface area contributed by atoms with Gasteiger partial charge in [0.15, 0.2) is 0 Å². The van der Waals surface area contributed by atoms with Gasteiger partial charge in [-0.1, -0.05) is 0 Å². The van der Waals surface area contributed by atoms with Crippen LogP contribution in [-0.2, 0) is 16.6 Å². The summed E-state index contributed by atoms with van der Waals surface area (Å²) in [4.78, 5) is 24.3. The fraction of sp³-hybridized carbons (Fsp3) is 0.444. The molecule has 1 aromatic heterocycles. The molecule has 0 aromatic carbocycles. The van der Waals surface area contributed by atoms with Crippen LogP contribution in [0.3, 0.4) is 0 Å². The Hall–Kier alpha value is -1.85. The molecule has 0 saturated carbocycles. The highest BCUT2D eigenvalue weighted by atomic mass is 16.2. The number of nitrogens with one attached hydrogen (secondary N) is 1. The Morgan fingerprint density at radius 2 is 2.27 bits per heavy atom. The van der Waals surface area contributed by atoms with Gasteiger partial charge in [0, 0.05) is 26.2 Å². The number of aryl methyl sites for hydroxylation is 1. The maximum atomic E-state index is 11.6. The Bertz CT molecular complexity index is 399. The van der Waals surface area contributed by atoms with Crippen LogP contribution in [0.1, 0.15) is 6.42 Å². The summed E-state index contributed by atoms with van der Waals surface area (Å²) in [6.45, 7) is 0.476. The molecule has 6 nitrogen and oxygen atoms in total. The summed E-state index contributed by atoms with van der Waals surface area (Å²) in [6, 6.07) is 0. The number of nitrogens with zero attached hydrogens (tertiary/aromatic N) is 3. The van der Waals surface area contributed by atoms with Crippen molar-refractivity contribution >= 4 is 17.5 Å². The van der Waals surface area contributed by atoms with E-state index in [1.54, 1.807) is 29.0 Å². The first-order valence-corrected chi connectivity index (χ1v) is 4.72. The topological polar surface area (TPSA) is 67.2 Å². The monoisotopic (exact) mass is 208 g/mol. The second-order valence-corrected chi connectivity index (χ2v) is 3.44. The lowest BCUT2D eigenvalue weighted by Crippen LogP contribution is -2.34. The maximum Gasteiger partial charge on any atom is 0.246 e. The van der Waals surface area contributed by atoms with E-state index in [4.69, 9.17) is 0 Å². The van der Waals surface area contributed by atoms with Crippen molar-refractivity contribution < 1.29 is 9.59 Å². The molecule has 1 aliphatic rings. The van der Waals surface area contributed by atoms with Crippen LogP contribution in [0.5, 0.6) is 0 Å². The first-order valence-electron chi connectivity index (χ1n) is 4.72. The van der Waals surface area contributed by atoms with E-state index >= 15 is 0 Å². The highest BCUT2D eigenvalue weighted by Crippen LogP contribution is 2.13. The van der Waals surface area contributed by atoms with Crippen LogP contribution >= 0.6 is 0 Å². The Morgan fingerprint density at radius 3 is 2.93 bits per heavy atom. The van der Waals surface area contributed by atoms with Crippen molar-refractivity contribution in [1.82, 2.24) is 15.1 Å². The third-order valence-electron chi connectivity index (χ3n) is 2.30. The molecular formula is C9H12N4O2. The van der Waals surface area contributed by atoms with Crippen molar-refractivity contribution in [2.24, 2.45) is 7.05 Å². The van der Waals surface area contributed by atoms with E-state index in [1.807, 2.05) is 0 Å². The van der Waals surface area contributed by atoms with Gasteiger partial charge in [-0.05, 0) is 0 Å². The zero-order chi connectivity index (χ0) is 10.8. The largest absolute Gasteiger partial charge is 0.347 e. The molecule has 0 spiro atoms. The van der Waals surface area contributed by atoms with Gasteiger partial charge in [0.1, 0.15) is 0 Å². The minimum atomic E-state index is -0.103. The van der Waals surface area contributed by atoms with Crippen LogP contribution in [0, 0.1) is 0 Å². The minimum Gasteiger partial charge on any atom is -0.347 e. The van der Waals surface area contributed by atoms with Gasteiger partial charge in [0.05, 0.1) is 18.4 Å². The fourth-order valence-electron chi connectivity index (χ4n) is 1.52. The van der Waals surface area contributed by atoms with Gasteiger partial charge >= 0.3 is 0 Å². The Labute approximate surface area is 86.9 Å². The lowest BCUT2D eigenvalue weighted by molar-refractivity contribution is -0.123. The molecule has 15 heavy (non-hydrogen) atoms. The summed E-state index contributed by atoms with van der Waals surface area (Å²) in [5.74, 6) is -0.191. The number of carbonyl (C=O) groups excluding carboxylic acids is 2. The first-order chi connectivity index (χ1) is 7.16. The molecule has 0 bridgehead atoms. The van der Waals surface area contributed by atoms with Crippen LogP contribution < -0.4 is 10.2 Å². The van der Waals surface area contributed by atoms with Crippen LogP contribution in [0.25, 0.3) is 0 Å². The summed E-state index contributed by atoms with van der Waals surface area (Å²) in [5.41, 5.74) is 0.735. The van der Waals surface area contributed by atoms with E-state index in [1.165, 1.54) is 0 Å². The number of rotatable bonds is 1. The molecule has 1 aromatic rings. The summed E-state index contributed by atoms with van der Waals surface area (Å²) in [6.07, 6.45) is 3.71. The maximum absolute atomic E-state index is 11.6. The lowest BCUT2D eigenvalue weighted by Gasteiger charge is -2.16. The molecule has 2 amide bonds. The smallest absolute Gasteiger partial charge is 0.246 e. The van der Waals surface area contributed by atoms with Crippen LogP contribution in [0.2, 0.25) is 0 Å². The number of anilines is 1. The summed E-state index contributed by atoms with van der Waals surface area (Å²) in [5, 5.41) is 6.54. The van der Waals surface area contributed by atoms with E-state index in [-0.39, 0.29) is 18.4 Å². The van der Waals surface area contributed by atoms with Crippen LogP contribution in [-0.4, -0.2) is 34.7 Å². The van der Waals surface area contributed by atoms with Crippen LogP contribution in [0.15, 0.2) is 12.4 Å². The normalized spacial score (nSPS) is 17.5. The summed E-state index contributed by atoms with van der Waals surface area (Å²) in [7, 11) is 1.79. The van der Waals surface area contributed by atoms with Crippen LogP contribution in [0.4, 0.5) is 5.69 Å². The van der Waals surface area contributed by atoms with Gasteiger partial charge in [-0.15, -0.1) is 0 Å². The molecule has 1 saturated heterocycles. The van der Waals surface area contributed by atoms with Gasteiger partial charge in [-0.2, -0.15) is 5.10 Å². The average Bonchev–Trinajstić information content (AvgIpc) is 2.54. The second-order valence-electron chi connectivity index (χ2n) is 3.44. The second kappa shape index (κ2) is 3.72. The van der Waals surface area contributed by atoms with Crippen molar-refractivity contribution in [3.63, 3.8) is 0 Å². The molecule has 1 aliphatic heterocycles. The molecule has 0 radical (unpaired) electrons. The SMILES string of the molecule is Cn1cc(N2CCC(=O)NCC2=O)cn1. The molecule has 2 rings (SSSR count). The van der Waals surface area contributed by atoms with Gasteiger partial charge < -0.3 is 10.2 Å². The Balaban J connectivity index is 2.20. The number of hydrogen-bond acceptors (Lipinski definition) is 3. The Morgan fingerprint density at radius 1 is 1.47 bits per heavy atom. The third kappa shape index (κ3) is 1.98. The van der Waals surface area contributed by atoms with Crippen molar-refractivity contribution in [2.75, 3.05) is 18.0 Å². The molecule has 80 valence electrons. The third-order valence-corrected chi connectivity index (χ3v) is 2.30. The van der Waals surface area contributed by atoms with E-state index in [0.717, 1.165) is 5.69 Å². The molecule has 0 aliphatic carbocycles. The van der Waals surface area contributed by atoms with Gasteiger partial charge in [-0.25, -0.2) is 0 Å². The minimum absolute atomic E-state index is 0.0632. The number of carbonyl (C=O) groups is 2. The standard InChI is InChI=1S/C9H12N4O2/c1-12-6-7(4-11-12)13-3-2-8(14)10-5-9(13)15/h4,6H,2-3,5H2,1H3,(H,10,14). The lowest BCUT2D eigenvalue weighted by atomic mass is 10.3. The van der Waals surface area contributed by atoms with Crippen molar-refractivity contribution in [3.8, 4) is 0 Å². The first kappa shape index (κ1) is 9.70. The summed E-state index contributed by atoms with van der Waals surface area (Å²) < 4.78 is 1.63. The fourth-order valence-corrected chi connectivity index (χ4v) is 1.52. The number of amides is 2. The van der Waals surface area contributed by atoms with Gasteiger partial charge in [-0.3, -0.25) is 14.3 Å². The van der Waals surface area contributed by atoms with E-state index in [9.17, 15) is 9.59 Å². The zero-order valence-electron chi connectivity index (χ0n) is 8.43. The predicted octanol–water partition coefficient (Wildman–Crippen LogP) is -0.727. The zero-order valence-corrected chi connectivity index (χ0v) is 8.43. The van der Waals surface area contributed by atoms with Crippen molar-refractivity contribution in [3.05, 3.63) is 12.4 Å². The Kier molecular flexibility index (Phi) is 2.40. The quantitative estimate of drug-likeness (QED) is 0.661. The average molecular weight is 208 g/mol.